The topological polar surface area (TPSA) is 78.2 Å². The van der Waals surface area contributed by atoms with Crippen LogP contribution in [-0.4, -0.2) is 20.6 Å². The van der Waals surface area contributed by atoms with Gasteiger partial charge in [0, 0.05) is 0 Å². The first kappa shape index (κ1) is 11.6. The minimum atomic E-state index is 0.235. The maximum absolute atomic E-state index is 8.98. The number of benzene rings is 1. The number of nitriles is 1. The molecule has 0 bridgehead atoms. The van der Waals surface area contributed by atoms with Crippen molar-refractivity contribution in [2.75, 3.05) is 0 Å². The summed E-state index contributed by atoms with van der Waals surface area (Å²) in [5.41, 5.74) is 1.03. The lowest BCUT2D eigenvalue weighted by molar-refractivity contribution is 0.881. The molecule has 0 aliphatic carbocycles. The standard InChI is InChI=1S/C10H5Cl2N5/c11-8-2-1-6(4-9(8)12)3-7(5-13)10-14-16-17-15-10/h1-4H,(H,14,15,16,17). The van der Waals surface area contributed by atoms with Crippen molar-refractivity contribution in [1.82, 2.24) is 20.6 Å². The van der Waals surface area contributed by atoms with Crippen LogP contribution in [0, 0.1) is 11.3 Å². The van der Waals surface area contributed by atoms with Gasteiger partial charge in [-0.05, 0) is 29.0 Å². The first-order valence-corrected chi connectivity index (χ1v) is 5.27. The molecule has 0 saturated heterocycles. The Kier molecular flexibility index (Phi) is 3.38. The van der Waals surface area contributed by atoms with Crippen LogP contribution in [0.15, 0.2) is 18.2 Å². The van der Waals surface area contributed by atoms with E-state index in [1.165, 1.54) is 0 Å². The first-order valence-electron chi connectivity index (χ1n) is 4.51. The summed E-state index contributed by atoms with van der Waals surface area (Å²) in [7, 11) is 0. The fourth-order valence-corrected chi connectivity index (χ4v) is 1.50. The molecule has 17 heavy (non-hydrogen) atoms. The second-order valence-electron chi connectivity index (χ2n) is 3.08. The summed E-state index contributed by atoms with van der Waals surface area (Å²) in [6, 6.07) is 7.04. The Bertz CT molecular complexity index is 598. The summed E-state index contributed by atoms with van der Waals surface area (Å²) in [6.07, 6.45) is 1.60. The van der Waals surface area contributed by atoms with Crippen LogP contribution < -0.4 is 0 Å². The average molecular weight is 266 g/mol. The monoisotopic (exact) mass is 265 g/mol. The molecule has 0 amide bonds. The SMILES string of the molecule is N#CC(=Cc1ccc(Cl)c(Cl)c1)c1nn[nH]n1. The van der Waals surface area contributed by atoms with E-state index >= 15 is 0 Å². The lowest BCUT2D eigenvalue weighted by atomic mass is 10.1. The molecule has 1 aromatic carbocycles. The smallest absolute Gasteiger partial charge is 0.192 e. The van der Waals surface area contributed by atoms with E-state index in [-0.39, 0.29) is 11.4 Å². The molecular formula is C10H5Cl2N5. The van der Waals surface area contributed by atoms with Gasteiger partial charge in [-0.2, -0.15) is 10.5 Å². The number of hydrogen-bond donors (Lipinski definition) is 1. The summed E-state index contributed by atoms with van der Waals surface area (Å²) in [5.74, 6) is 0.235. The largest absolute Gasteiger partial charge is 0.215 e. The number of tetrazole rings is 1. The van der Waals surface area contributed by atoms with Crippen molar-refractivity contribution in [3.8, 4) is 6.07 Å². The molecule has 5 nitrogen and oxygen atoms in total. The highest BCUT2D eigenvalue weighted by Gasteiger charge is 2.06. The number of nitrogens with one attached hydrogen (secondary N) is 1. The molecule has 0 spiro atoms. The number of rotatable bonds is 2. The average Bonchev–Trinajstić information content (AvgIpc) is 2.84. The van der Waals surface area contributed by atoms with E-state index in [1.807, 2.05) is 6.07 Å². The quantitative estimate of drug-likeness (QED) is 0.847. The van der Waals surface area contributed by atoms with Crippen molar-refractivity contribution >= 4 is 34.9 Å². The van der Waals surface area contributed by atoms with Crippen molar-refractivity contribution < 1.29 is 0 Å². The van der Waals surface area contributed by atoms with Crippen LogP contribution >= 0.6 is 23.2 Å². The third kappa shape index (κ3) is 2.61. The van der Waals surface area contributed by atoms with Crippen LogP contribution in [0.2, 0.25) is 10.0 Å². The Morgan fingerprint density at radius 2 is 2.18 bits per heavy atom. The molecule has 0 saturated carbocycles. The minimum Gasteiger partial charge on any atom is -0.192 e. The zero-order chi connectivity index (χ0) is 12.3. The maximum atomic E-state index is 8.98. The fourth-order valence-electron chi connectivity index (χ4n) is 1.19. The van der Waals surface area contributed by atoms with E-state index in [0.717, 1.165) is 5.56 Å². The summed E-state index contributed by atoms with van der Waals surface area (Å²) < 4.78 is 0. The van der Waals surface area contributed by atoms with Gasteiger partial charge in [0.1, 0.15) is 11.6 Å². The zero-order valence-corrected chi connectivity index (χ0v) is 9.87. The molecule has 2 rings (SSSR count). The molecule has 0 aliphatic heterocycles. The van der Waals surface area contributed by atoms with Gasteiger partial charge in [-0.3, -0.25) is 0 Å². The number of nitrogens with zero attached hydrogens (tertiary/aromatic N) is 4. The van der Waals surface area contributed by atoms with Gasteiger partial charge in [-0.25, -0.2) is 0 Å². The Morgan fingerprint density at radius 1 is 1.35 bits per heavy atom. The Morgan fingerprint density at radius 3 is 2.76 bits per heavy atom. The van der Waals surface area contributed by atoms with Crippen molar-refractivity contribution in [3.63, 3.8) is 0 Å². The Labute approximate surface area is 107 Å². The van der Waals surface area contributed by atoms with Crippen molar-refractivity contribution in [2.45, 2.75) is 0 Å². The lowest BCUT2D eigenvalue weighted by Gasteiger charge is -1.98. The lowest BCUT2D eigenvalue weighted by Crippen LogP contribution is -1.85. The molecule has 1 N–H and O–H groups in total. The number of aromatic nitrogens is 4. The van der Waals surface area contributed by atoms with Gasteiger partial charge in [0.2, 0.25) is 5.82 Å². The molecule has 2 aromatic rings. The highest BCUT2D eigenvalue weighted by molar-refractivity contribution is 6.42. The van der Waals surface area contributed by atoms with E-state index in [4.69, 9.17) is 28.5 Å². The highest BCUT2D eigenvalue weighted by Crippen LogP contribution is 2.24. The van der Waals surface area contributed by atoms with Crippen LogP contribution in [0.5, 0.6) is 0 Å². The fraction of sp³-hybridized carbons (Fsp3) is 0. The molecule has 0 aliphatic rings. The van der Waals surface area contributed by atoms with Gasteiger partial charge in [-0.1, -0.05) is 29.3 Å². The van der Waals surface area contributed by atoms with E-state index in [2.05, 4.69) is 20.6 Å². The van der Waals surface area contributed by atoms with E-state index < -0.39 is 0 Å². The summed E-state index contributed by atoms with van der Waals surface area (Å²) >= 11 is 11.7. The first-order chi connectivity index (χ1) is 8.20. The predicted molar refractivity (Wildman–Crippen MR) is 64.1 cm³/mol. The molecule has 0 atom stereocenters. The van der Waals surface area contributed by atoms with Crippen molar-refractivity contribution in [2.24, 2.45) is 0 Å². The third-order valence-electron chi connectivity index (χ3n) is 1.96. The van der Waals surface area contributed by atoms with Gasteiger partial charge in [0.05, 0.1) is 10.0 Å². The van der Waals surface area contributed by atoms with E-state index in [9.17, 15) is 0 Å². The maximum Gasteiger partial charge on any atom is 0.215 e. The number of H-pyrrole nitrogens is 1. The van der Waals surface area contributed by atoms with Crippen LogP contribution in [0.25, 0.3) is 11.6 Å². The minimum absolute atomic E-state index is 0.235. The molecule has 1 heterocycles. The molecule has 84 valence electrons. The van der Waals surface area contributed by atoms with Crippen LogP contribution in [-0.2, 0) is 0 Å². The molecule has 0 fully saturated rings. The van der Waals surface area contributed by atoms with Crippen molar-refractivity contribution in [3.05, 3.63) is 39.6 Å². The van der Waals surface area contributed by atoms with E-state index in [0.29, 0.717) is 10.0 Å². The number of halogens is 2. The summed E-state index contributed by atoms with van der Waals surface area (Å²) in [5, 5.41) is 23.0. The number of allylic oxidation sites excluding steroid dienone is 1. The van der Waals surface area contributed by atoms with Crippen LogP contribution in [0.4, 0.5) is 0 Å². The van der Waals surface area contributed by atoms with Gasteiger partial charge in [-0.15, -0.1) is 10.2 Å². The van der Waals surface area contributed by atoms with E-state index in [1.54, 1.807) is 24.3 Å². The summed E-state index contributed by atoms with van der Waals surface area (Å²) in [4.78, 5) is 0. The molecule has 7 heteroatoms. The van der Waals surface area contributed by atoms with Crippen LogP contribution in [0.1, 0.15) is 11.4 Å². The van der Waals surface area contributed by atoms with Gasteiger partial charge < -0.3 is 0 Å². The molecular weight excluding hydrogens is 261 g/mol. The van der Waals surface area contributed by atoms with Gasteiger partial charge >= 0.3 is 0 Å². The number of aromatic amines is 1. The van der Waals surface area contributed by atoms with Gasteiger partial charge in [0.25, 0.3) is 0 Å². The summed E-state index contributed by atoms with van der Waals surface area (Å²) in [6.45, 7) is 0. The van der Waals surface area contributed by atoms with Crippen molar-refractivity contribution in [1.29, 1.82) is 5.26 Å². The molecule has 0 radical (unpaired) electrons. The molecule has 1 aromatic heterocycles. The van der Waals surface area contributed by atoms with Gasteiger partial charge in [0.15, 0.2) is 0 Å². The Balaban J connectivity index is 2.41. The Hall–Kier alpha value is -1.90. The van der Waals surface area contributed by atoms with Crippen LogP contribution in [0.3, 0.4) is 0 Å². The normalized spacial score (nSPS) is 11.2. The second-order valence-corrected chi connectivity index (χ2v) is 3.89. The number of hydrogen-bond acceptors (Lipinski definition) is 4. The zero-order valence-electron chi connectivity index (χ0n) is 8.35. The third-order valence-corrected chi connectivity index (χ3v) is 2.70. The highest BCUT2D eigenvalue weighted by atomic mass is 35.5. The predicted octanol–water partition coefficient (Wildman–Crippen LogP) is 2.57. The second kappa shape index (κ2) is 4.95. The molecule has 0 unspecified atom stereocenters.